The second kappa shape index (κ2) is 67.3. The van der Waals surface area contributed by atoms with Gasteiger partial charge in [0, 0.05) is 19.3 Å². The number of carbonyl (C=O) groups is 3. The summed E-state index contributed by atoms with van der Waals surface area (Å²) in [4.78, 5) is 38.3. The minimum absolute atomic E-state index is 0.102. The van der Waals surface area contributed by atoms with Crippen LogP contribution < -0.4 is 0 Å². The summed E-state index contributed by atoms with van der Waals surface area (Å²) in [5.74, 6) is -0.951. The summed E-state index contributed by atoms with van der Waals surface area (Å²) in [6, 6.07) is 0. The Morgan fingerprint density at radius 1 is 0.259 bits per heavy atom. The number of hydrogen-bond acceptors (Lipinski definition) is 6. The van der Waals surface area contributed by atoms with Crippen molar-refractivity contribution in [2.75, 3.05) is 13.2 Å². The Morgan fingerprint density at radius 2 is 0.481 bits per heavy atom. The quantitative estimate of drug-likeness (QED) is 0.0261. The van der Waals surface area contributed by atoms with Gasteiger partial charge >= 0.3 is 17.9 Å². The smallest absolute Gasteiger partial charge is 0.306 e. The van der Waals surface area contributed by atoms with Gasteiger partial charge in [0.1, 0.15) is 13.2 Å². The summed E-state index contributed by atoms with van der Waals surface area (Å²) in [6.07, 6.45) is 99.3. The Balaban J connectivity index is 4.37. The minimum atomic E-state index is -0.808. The fourth-order valence-electron chi connectivity index (χ4n) is 8.35. The molecule has 0 bridgehead atoms. The first-order valence-electron chi connectivity index (χ1n) is 32.6. The van der Waals surface area contributed by atoms with Crippen molar-refractivity contribution >= 4 is 17.9 Å². The van der Waals surface area contributed by atoms with Crippen molar-refractivity contribution in [2.24, 2.45) is 0 Å². The molecule has 0 amide bonds. The van der Waals surface area contributed by atoms with Gasteiger partial charge in [0.05, 0.1) is 0 Å². The van der Waals surface area contributed by atoms with Gasteiger partial charge in [-0.05, 0) is 148 Å². The number of allylic oxidation sites excluding steroid dienone is 28. The van der Waals surface area contributed by atoms with E-state index in [1.807, 2.05) is 0 Å². The van der Waals surface area contributed by atoms with Crippen LogP contribution in [0.1, 0.15) is 265 Å². The SMILES string of the molecule is CC/C=C\C/C=C\C/C=C\C/C=C\C/C=C\C/C=C\C/C=C\C/C=C\CCCCCCCCC(=O)OCC(COC(=O)CCCCCCC/C=C\CCCC)OC(=O)CCCCCCC/C=C\C/C=C\C/C=C\C/C=C\C/C=C\CC. The molecule has 81 heavy (non-hydrogen) atoms. The van der Waals surface area contributed by atoms with Crippen LogP contribution in [0.5, 0.6) is 0 Å². The average molecular weight is 1120 g/mol. The molecule has 0 aliphatic carbocycles. The maximum absolute atomic E-state index is 12.9. The molecule has 0 radical (unpaired) electrons. The molecule has 0 heterocycles. The highest BCUT2D eigenvalue weighted by Gasteiger charge is 2.19. The zero-order valence-corrected chi connectivity index (χ0v) is 52.0. The standard InChI is InChI=1S/C75H118O6/c1-4-7-10-13-16-19-22-24-26-28-30-32-33-34-35-36-37-38-39-40-41-43-44-46-48-50-53-56-59-62-65-68-74(77)80-71-72(70-79-73(76)67-64-61-58-55-52-21-18-15-12-9-6-3)81-75(78)69-66-63-60-57-54-51-49-47-45-42-31-29-27-25-23-20-17-14-11-8-5-2/h7-8,10-11,15-20,24-27,30-32,34-35,37-38,40-42,44,46-47,49,72H,4-6,9,12-14,21-23,28-29,33,36,39,43,45,48,50-71H2,1-3H3/b10-7-,11-8-,18-15-,19-16-,20-17-,26-24-,27-25-,32-30-,35-34-,38-37-,41-40-,42-31-,46-44-,49-47-. The molecule has 0 N–H and O–H groups in total. The van der Waals surface area contributed by atoms with Gasteiger partial charge in [0.2, 0.25) is 0 Å². The van der Waals surface area contributed by atoms with Crippen molar-refractivity contribution < 1.29 is 28.6 Å². The van der Waals surface area contributed by atoms with Gasteiger partial charge in [-0.3, -0.25) is 14.4 Å². The van der Waals surface area contributed by atoms with Crippen molar-refractivity contribution in [1.29, 1.82) is 0 Å². The molecule has 1 atom stereocenters. The lowest BCUT2D eigenvalue weighted by Crippen LogP contribution is -2.30. The van der Waals surface area contributed by atoms with Gasteiger partial charge in [0.15, 0.2) is 6.10 Å². The number of rotatable bonds is 57. The lowest BCUT2D eigenvalue weighted by molar-refractivity contribution is -0.167. The van der Waals surface area contributed by atoms with E-state index in [0.29, 0.717) is 19.3 Å². The first-order valence-corrected chi connectivity index (χ1v) is 32.6. The molecule has 6 nitrogen and oxygen atoms in total. The van der Waals surface area contributed by atoms with Crippen molar-refractivity contribution in [2.45, 2.75) is 271 Å². The zero-order valence-electron chi connectivity index (χ0n) is 52.0. The number of ether oxygens (including phenoxy) is 3. The fraction of sp³-hybridized carbons (Fsp3) is 0.587. The highest BCUT2D eigenvalue weighted by atomic mass is 16.6. The number of hydrogen-bond donors (Lipinski definition) is 0. The molecule has 0 rings (SSSR count). The Hall–Kier alpha value is -5.23. The normalized spacial score (nSPS) is 13.3. The van der Waals surface area contributed by atoms with Gasteiger partial charge in [-0.15, -0.1) is 0 Å². The highest BCUT2D eigenvalue weighted by Crippen LogP contribution is 2.14. The van der Waals surface area contributed by atoms with Crippen LogP contribution in [-0.4, -0.2) is 37.2 Å². The van der Waals surface area contributed by atoms with Gasteiger partial charge in [0.25, 0.3) is 0 Å². The van der Waals surface area contributed by atoms with Crippen LogP contribution in [0.4, 0.5) is 0 Å². The van der Waals surface area contributed by atoms with Crippen molar-refractivity contribution in [1.82, 2.24) is 0 Å². The van der Waals surface area contributed by atoms with E-state index in [4.69, 9.17) is 14.2 Å². The van der Waals surface area contributed by atoms with E-state index in [1.54, 1.807) is 0 Å². The summed E-state index contributed by atoms with van der Waals surface area (Å²) in [7, 11) is 0. The molecule has 0 aliphatic rings. The summed E-state index contributed by atoms with van der Waals surface area (Å²) >= 11 is 0. The zero-order chi connectivity index (χ0) is 58.5. The lowest BCUT2D eigenvalue weighted by atomic mass is 10.1. The van der Waals surface area contributed by atoms with Crippen molar-refractivity contribution in [3.05, 3.63) is 170 Å². The third-order valence-corrected chi connectivity index (χ3v) is 13.2. The predicted molar refractivity (Wildman–Crippen MR) is 352 cm³/mol. The molecule has 0 spiro atoms. The number of carbonyl (C=O) groups excluding carboxylic acids is 3. The first kappa shape index (κ1) is 75.8. The van der Waals surface area contributed by atoms with Crippen LogP contribution in [0.2, 0.25) is 0 Å². The summed E-state index contributed by atoms with van der Waals surface area (Å²) in [5.41, 5.74) is 0. The second-order valence-corrected chi connectivity index (χ2v) is 20.9. The van der Waals surface area contributed by atoms with Crippen LogP contribution in [0.25, 0.3) is 0 Å². The van der Waals surface area contributed by atoms with E-state index in [0.717, 1.165) is 186 Å². The molecule has 0 aromatic rings. The Labute approximate surface area is 498 Å². The van der Waals surface area contributed by atoms with E-state index in [9.17, 15) is 14.4 Å². The molecule has 0 aliphatic heterocycles. The van der Waals surface area contributed by atoms with Crippen LogP contribution in [0.15, 0.2) is 170 Å². The molecule has 0 saturated heterocycles. The third-order valence-electron chi connectivity index (χ3n) is 13.2. The largest absolute Gasteiger partial charge is 0.462 e. The van der Waals surface area contributed by atoms with Gasteiger partial charge in [-0.2, -0.15) is 0 Å². The Bertz CT molecular complexity index is 1860. The van der Waals surface area contributed by atoms with E-state index >= 15 is 0 Å². The van der Waals surface area contributed by atoms with Gasteiger partial charge in [-0.25, -0.2) is 0 Å². The van der Waals surface area contributed by atoms with Gasteiger partial charge in [-0.1, -0.05) is 268 Å². The average Bonchev–Trinajstić information content (AvgIpc) is 3.47. The van der Waals surface area contributed by atoms with Gasteiger partial charge < -0.3 is 14.2 Å². The number of esters is 3. The van der Waals surface area contributed by atoms with Crippen molar-refractivity contribution in [3.8, 4) is 0 Å². The van der Waals surface area contributed by atoms with E-state index in [1.165, 1.54) is 38.5 Å². The summed E-state index contributed by atoms with van der Waals surface area (Å²) < 4.78 is 16.9. The molecule has 454 valence electrons. The Morgan fingerprint density at radius 3 is 0.765 bits per heavy atom. The Kier molecular flexibility index (Phi) is 62.9. The molecular weight excluding hydrogens is 997 g/mol. The molecule has 1 unspecified atom stereocenters. The molecule has 0 aromatic heterocycles. The van der Waals surface area contributed by atoms with Crippen LogP contribution in [-0.2, 0) is 28.6 Å². The maximum atomic E-state index is 12.9. The molecular formula is C75H118O6. The molecule has 6 heteroatoms. The van der Waals surface area contributed by atoms with Crippen LogP contribution in [0, 0.1) is 0 Å². The molecule has 0 fully saturated rings. The van der Waals surface area contributed by atoms with Crippen molar-refractivity contribution in [3.63, 3.8) is 0 Å². The summed E-state index contributed by atoms with van der Waals surface area (Å²) in [6.45, 7) is 6.33. The topological polar surface area (TPSA) is 78.9 Å². The monoisotopic (exact) mass is 1110 g/mol. The van der Waals surface area contributed by atoms with Crippen LogP contribution in [0.3, 0.4) is 0 Å². The highest BCUT2D eigenvalue weighted by molar-refractivity contribution is 5.71. The van der Waals surface area contributed by atoms with E-state index < -0.39 is 6.10 Å². The van der Waals surface area contributed by atoms with E-state index in [2.05, 4.69) is 191 Å². The molecule has 0 aromatic carbocycles. The first-order chi connectivity index (χ1) is 40.0. The fourth-order valence-corrected chi connectivity index (χ4v) is 8.35. The number of unbranched alkanes of at least 4 members (excludes halogenated alkanes) is 18. The van der Waals surface area contributed by atoms with E-state index in [-0.39, 0.29) is 31.1 Å². The maximum Gasteiger partial charge on any atom is 0.306 e. The third kappa shape index (κ3) is 65.5. The lowest BCUT2D eigenvalue weighted by Gasteiger charge is -2.18. The minimum Gasteiger partial charge on any atom is -0.462 e. The molecule has 0 saturated carbocycles. The predicted octanol–water partition coefficient (Wildman–Crippen LogP) is 22.7. The van der Waals surface area contributed by atoms with Crippen LogP contribution >= 0.6 is 0 Å². The summed E-state index contributed by atoms with van der Waals surface area (Å²) in [5, 5.41) is 0. The second-order valence-electron chi connectivity index (χ2n) is 20.9.